The van der Waals surface area contributed by atoms with Crippen molar-refractivity contribution in [2.75, 3.05) is 13.2 Å². The minimum absolute atomic E-state index is 0.0267. The number of aliphatic hydroxyl groups is 1. The largest absolute Gasteiger partial charge is 0.394 e. The summed E-state index contributed by atoms with van der Waals surface area (Å²) in [7, 11) is 0. The maximum absolute atomic E-state index is 13.7. The van der Waals surface area contributed by atoms with Gasteiger partial charge in [0.25, 0.3) is 0 Å². The second-order valence-corrected chi connectivity index (χ2v) is 4.77. The van der Waals surface area contributed by atoms with Crippen LogP contribution in [-0.2, 0) is 6.42 Å². The minimum Gasteiger partial charge on any atom is -0.394 e. The molecule has 1 aromatic rings. The topological polar surface area (TPSA) is 32.3 Å². The van der Waals surface area contributed by atoms with Crippen molar-refractivity contribution in [1.29, 1.82) is 0 Å². The highest BCUT2D eigenvalue weighted by molar-refractivity contribution is 6.30. The van der Waals surface area contributed by atoms with Crippen LogP contribution in [0, 0.1) is 5.82 Å². The first-order valence-corrected chi connectivity index (χ1v) is 5.83. The van der Waals surface area contributed by atoms with Crippen LogP contribution >= 0.6 is 11.6 Å². The van der Waals surface area contributed by atoms with Gasteiger partial charge in [-0.05, 0) is 37.4 Å². The minimum atomic E-state index is -0.370. The molecule has 16 heavy (non-hydrogen) atoms. The van der Waals surface area contributed by atoms with Crippen LogP contribution in [-0.4, -0.2) is 23.8 Å². The fourth-order valence-corrected chi connectivity index (χ4v) is 2.45. The summed E-state index contributed by atoms with van der Waals surface area (Å²) in [5.41, 5.74) is 0.196. The van der Waals surface area contributed by atoms with Crippen molar-refractivity contribution in [2.24, 2.45) is 0 Å². The molecule has 1 heterocycles. The molecule has 1 unspecified atom stereocenters. The lowest BCUT2D eigenvalue weighted by Crippen LogP contribution is -2.45. The van der Waals surface area contributed by atoms with Gasteiger partial charge in [-0.25, -0.2) is 4.39 Å². The van der Waals surface area contributed by atoms with Gasteiger partial charge in [-0.2, -0.15) is 0 Å². The Morgan fingerprint density at radius 1 is 1.50 bits per heavy atom. The van der Waals surface area contributed by atoms with E-state index in [4.69, 9.17) is 11.6 Å². The Morgan fingerprint density at radius 3 is 2.94 bits per heavy atom. The molecular formula is C12H15ClFNO. The monoisotopic (exact) mass is 243 g/mol. The molecule has 4 heteroatoms. The van der Waals surface area contributed by atoms with E-state index < -0.39 is 0 Å². The maximum atomic E-state index is 13.7. The zero-order valence-electron chi connectivity index (χ0n) is 8.97. The predicted molar refractivity (Wildman–Crippen MR) is 62.2 cm³/mol. The van der Waals surface area contributed by atoms with E-state index >= 15 is 0 Å². The molecule has 88 valence electrons. The standard InChI is InChI=1S/C12H15ClFNO/c13-10-4-1-3-9(11(10)14)7-12(8-16)5-2-6-15-12/h1,3-4,15-16H,2,5-8H2. The number of hydrogen-bond acceptors (Lipinski definition) is 2. The van der Waals surface area contributed by atoms with Gasteiger partial charge in [0.05, 0.1) is 11.6 Å². The quantitative estimate of drug-likeness (QED) is 0.853. The van der Waals surface area contributed by atoms with Crippen molar-refractivity contribution >= 4 is 11.6 Å². The van der Waals surface area contributed by atoms with E-state index in [1.165, 1.54) is 6.07 Å². The molecule has 1 saturated heterocycles. The molecule has 1 aliphatic rings. The maximum Gasteiger partial charge on any atom is 0.145 e. The number of benzene rings is 1. The first-order chi connectivity index (χ1) is 7.67. The smallest absolute Gasteiger partial charge is 0.145 e. The molecule has 2 rings (SSSR count). The van der Waals surface area contributed by atoms with Crippen LogP contribution in [0.5, 0.6) is 0 Å². The van der Waals surface area contributed by atoms with Gasteiger partial charge in [-0.3, -0.25) is 0 Å². The fourth-order valence-electron chi connectivity index (χ4n) is 2.26. The highest BCUT2D eigenvalue weighted by atomic mass is 35.5. The summed E-state index contributed by atoms with van der Waals surface area (Å²) in [6.45, 7) is 0.904. The molecule has 2 nitrogen and oxygen atoms in total. The zero-order chi connectivity index (χ0) is 11.6. The average Bonchev–Trinajstić information content (AvgIpc) is 2.74. The molecule has 0 saturated carbocycles. The summed E-state index contributed by atoms with van der Waals surface area (Å²) in [5.74, 6) is -0.370. The van der Waals surface area contributed by atoms with Crippen LogP contribution in [0.25, 0.3) is 0 Å². The second kappa shape index (κ2) is 4.70. The van der Waals surface area contributed by atoms with Gasteiger partial charge in [-0.15, -0.1) is 0 Å². The van der Waals surface area contributed by atoms with Crippen molar-refractivity contribution < 1.29 is 9.50 Å². The highest BCUT2D eigenvalue weighted by Crippen LogP contribution is 2.27. The first kappa shape index (κ1) is 11.8. The Bertz CT molecular complexity index is 377. The van der Waals surface area contributed by atoms with Crippen LogP contribution in [0.3, 0.4) is 0 Å². The van der Waals surface area contributed by atoms with E-state index in [0.717, 1.165) is 19.4 Å². The molecule has 1 fully saturated rings. The van der Waals surface area contributed by atoms with Gasteiger partial charge in [0, 0.05) is 5.54 Å². The van der Waals surface area contributed by atoms with Crippen molar-refractivity contribution in [2.45, 2.75) is 24.8 Å². The Kier molecular flexibility index (Phi) is 3.47. The van der Waals surface area contributed by atoms with Crippen LogP contribution in [0.15, 0.2) is 18.2 Å². The summed E-state index contributed by atoms with van der Waals surface area (Å²) in [5, 5.41) is 12.8. The van der Waals surface area contributed by atoms with Gasteiger partial charge < -0.3 is 10.4 Å². The lowest BCUT2D eigenvalue weighted by Gasteiger charge is -2.27. The fraction of sp³-hybridized carbons (Fsp3) is 0.500. The van der Waals surface area contributed by atoms with Gasteiger partial charge in [0.2, 0.25) is 0 Å². The third kappa shape index (κ3) is 2.21. The Balaban J connectivity index is 2.22. The van der Waals surface area contributed by atoms with Gasteiger partial charge >= 0.3 is 0 Å². The number of hydrogen-bond donors (Lipinski definition) is 2. The SMILES string of the molecule is OCC1(Cc2cccc(Cl)c2F)CCCN1. The summed E-state index contributed by atoms with van der Waals surface area (Å²) < 4.78 is 13.7. The van der Waals surface area contributed by atoms with E-state index in [1.807, 2.05) is 0 Å². The highest BCUT2D eigenvalue weighted by Gasteiger charge is 2.33. The van der Waals surface area contributed by atoms with E-state index in [9.17, 15) is 9.50 Å². The number of halogens is 2. The van der Waals surface area contributed by atoms with E-state index in [-0.39, 0.29) is 23.0 Å². The lowest BCUT2D eigenvalue weighted by molar-refractivity contribution is 0.176. The number of nitrogens with one attached hydrogen (secondary N) is 1. The van der Waals surface area contributed by atoms with Crippen molar-refractivity contribution in [3.05, 3.63) is 34.6 Å². The van der Waals surface area contributed by atoms with Crippen LogP contribution in [0.4, 0.5) is 4.39 Å². The van der Waals surface area contributed by atoms with E-state index in [1.54, 1.807) is 12.1 Å². The van der Waals surface area contributed by atoms with Crippen LogP contribution in [0.1, 0.15) is 18.4 Å². The van der Waals surface area contributed by atoms with Crippen LogP contribution < -0.4 is 5.32 Å². The zero-order valence-corrected chi connectivity index (χ0v) is 9.73. The summed E-state index contributed by atoms with van der Waals surface area (Å²) in [4.78, 5) is 0. The van der Waals surface area contributed by atoms with E-state index in [2.05, 4.69) is 5.32 Å². The number of rotatable bonds is 3. The van der Waals surface area contributed by atoms with Crippen molar-refractivity contribution in [3.8, 4) is 0 Å². The summed E-state index contributed by atoms with van der Waals surface area (Å²) >= 11 is 5.73. The average molecular weight is 244 g/mol. The molecule has 0 aliphatic carbocycles. The Morgan fingerprint density at radius 2 is 2.31 bits per heavy atom. The molecule has 1 atom stereocenters. The van der Waals surface area contributed by atoms with Gasteiger partial charge in [0.15, 0.2) is 0 Å². The van der Waals surface area contributed by atoms with Crippen molar-refractivity contribution in [3.63, 3.8) is 0 Å². The molecule has 0 amide bonds. The van der Waals surface area contributed by atoms with E-state index in [0.29, 0.717) is 12.0 Å². The molecule has 0 spiro atoms. The molecule has 0 radical (unpaired) electrons. The summed E-state index contributed by atoms with van der Waals surface area (Å²) in [6, 6.07) is 4.99. The molecule has 2 N–H and O–H groups in total. The van der Waals surface area contributed by atoms with Gasteiger partial charge in [0.1, 0.15) is 5.82 Å². The second-order valence-electron chi connectivity index (χ2n) is 4.36. The normalized spacial score (nSPS) is 24.9. The number of aliphatic hydroxyl groups excluding tert-OH is 1. The molecule has 0 bridgehead atoms. The molecule has 0 aromatic heterocycles. The third-order valence-electron chi connectivity index (χ3n) is 3.20. The summed E-state index contributed by atoms with van der Waals surface area (Å²) in [6.07, 6.45) is 2.37. The molecular weight excluding hydrogens is 229 g/mol. The van der Waals surface area contributed by atoms with Crippen LogP contribution in [0.2, 0.25) is 5.02 Å². The predicted octanol–water partition coefficient (Wildman–Crippen LogP) is 2.14. The third-order valence-corrected chi connectivity index (χ3v) is 3.49. The van der Waals surface area contributed by atoms with Gasteiger partial charge in [-0.1, -0.05) is 23.7 Å². The first-order valence-electron chi connectivity index (χ1n) is 5.46. The Labute approximate surface area is 99.4 Å². The molecule has 1 aromatic carbocycles. The lowest BCUT2D eigenvalue weighted by atomic mass is 9.90. The van der Waals surface area contributed by atoms with Crippen molar-refractivity contribution in [1.82, 2.24) is 5.32 Å². The molecule has 1 aliphatic heterocycles. The Hall–Kier alpha value is -0.640.